The van der Waals surface area contributed by atoms with E-state index in [-0.39, 0.29) is 17.2 Å². The van der Waals surface area contributed by atoms with Gasteiger partial charge in [-0.3, -0.25) is 4.79 Å². The fourth-order valence-corrected chi connectivity index (χ4v) is 2.94. The van der Waals surface area contributed by atoms with Crippen molar-refractivity contribution in [3.8, 4) is 0 Å². The highest BCUT2D eigenvalue weighted by Crippen LogP contribution is 2.47. The molecule has 1 aliphatic carbocycles. The third kappa shape index (κ3) is 3.58. The van der Waals surface area contributed by atoms with Crippen LogP contribution in [0.4, 0.5) is 0 Å². The average molecular weight is 323 g/mol. The SMILES string of the molecule is Cn1cccc1/C=N\NC(=O)C1CC1c1ccc(C(C)(C)C)cc1. The minimum Gasteiger partial charge on any atom is -0.350 e. The van der Waals surface area contributed by atoms with Gasteiger partial charge in [-0.05, 0) is 41.0 Å². The fraction of sp³-hybridized carbons (Fsp3) is 0.400. The van der Waals surface area contributed by atoms with Crippen LogP contribution in [0.25, 0.3) is 0 Å². The number of amides is 1. The number of hydrogen-bond acceptors (Lipinski definition) is 2. The molecule has 1 aliphatic rings. The van der Waals surface area contributed by atoms with E-state index >= 15 is 0 Å². The van der Waals surface area contributed by atoms with Crippen LogP contribution < -0.4 is 5.43 Å². The Labute approximate surface area is 143 Å². The van der Waals surface area contributed by atoms with E-state index in [1.165, 1.54) is 11.1 Å². The smallest absolute Gasteiger partial charge is 0.243 e. The molecule has 1 amide bonds. The van der Waals surface area contributed by atoms with Gasteiger partial charge in [-0.25, -0.2) is 5.43 Å². The second kappa shape index (κ2) is 6.27. The Hall–Kier alpha value is -2.36. The first-order valence-electron chi connectivity index (χ1n) is 8.41. The standard InChI is InChI=1S/C20H25N3O/c1-20(2,3)15-9-7-14(8-10-15)17-12-18(17)19(24)22-21-13-16-6-5-11-23(16)4/h5-11,13,17-18H,12H2,1-4H3,(H,22,24)/b21-13-. The van der Waals surface area contributed by atoms with Gasteiger partial charge in [0.2, 0.25) is 5.91 Å². The highest BCUT2D eigenvalue weighted by Gasteiger charge is 2.43. The number of nitrogens with zero attached hydrogens (tertiary/aromatic N) is 2. The van der Waals surface area contributed by atoms with Gasteiger partial charge in [0.05, 0.1) is 11.9 Å². The Kier molecular flexibility index (Phi) is 4.31. The molecule has 1 aromatic heterocycles. The summed E-state index contributed by atoms with van der Waals surface area (Å²) in [5.74, 6) is 0.366. The molecular formula is C20H25N3O. The largest absolute Gasteiger partial charge is 0.350 e. The van der Waals surface area contributed by atoms with E-state index in [2.05, 4.69) is 55.6 Å². The van der Waals surface area contributed by atoms with Gasteiger partial charge in [-0.2, -0.15) is 5.10 Å². The molecule has 1 heterocycles. The minimum absolute atomic E-state index is 0.00496. The summed E-state index contributed by atoms with van der Waals surface area (Å²) in [6, 6.07) is 12.6. The molecule has 126 valence electrons. The van der Waals surface area contributed by atoms with Crippen LogP contribution in [0, 0.1) is 5.92 Å². The van der Waals surface area contributed by atoms with Crippen molar-refractivity contribution >= 4 is 12.1 Å². The summed E-state index contributed by atoms with van der Waals surface area (Å²) >= 11 is 0. The maximum Gasteiger partial charge on any atom is 0.243 e. The zero-order valence-corrected chi connectivity index (χ0v) is 14.8. The molecule has 0 radical (unpaired) electrons. The number of aromatic nitrogens is 1. The van der Waals surface area contributed by atoms with Crippen molar-refractivity contribution < 1.29 is 4.79 Å². The second-order valence-electron chi connectivity index (χ2n) is 7.60. The van der Waals surface area contributed by atoms with Crippen molar-refractivity contribution in [3.05, 3.63) is 59.4 Å². The van der Waals surface area contributed by atoms with Crippen LogP contribution in [0.15, 0.2) is 47.7 Å². The van der Waals surface area contributed by atoms with Gasteiger partial charge in [-0.1, -0.05) is 45.0 Å². The molecule has 0 spiro atoms. The van der Waals surface area contributed by atoms with Crippen LogP contribution in [-0.2, 0) is 17.3 Å². The van der Waals surface area contributed by atoms with Crippen LogP contribution in [0.1, 0.15) is 49.9 Å². The predicted octanol–water partition coefficient (Wildman–Crippen LogP) is 3.58. The Morgan fingerprint density at radius 3 is 2.54 bits per heavy atom. The quantitative estimate of drug-likeness (QED) is 0.678. The van der Waals surface area contributed by atoms with Crippen molar-refractivity contribution in [2.24, 2.45) is 18.1 Å². The highest BCUT2D eigenvalue weighted by molar-refractivity contribution is 5.85. The average Bonchev–Trinajstić information content (AvgIpc) is 3.24. The summed E-state index contributed by atoms with van der Waals surface area (Å²) in [7, 11) is 1.95. The highest BCUT2D eigenvalue weighted by atomic mass is 16.2. The van der Waals surface area contributed by atoms with Gasteiger partial charge in [0.25, 0.3) is 0 Å². The summed E-state index contributed by atoms with van der Waals surface area (Å²) in [6.45, 7) is 6.63. The van der Waals surface area contributed by atoms with E-state index in [0.717, 1.165) is 12.1 Å². The van der Waals surface area contributed by atoms with Crippen LogP contribution in [0.2, 0.25) is 0 Å². The number of carbonyl (C=O) groups excluding carboxylic acids is 1. The molecule has 4 heteroatoms. The first-order chi connectivity index (χ1) is 11.4. The summed E-state index contributed by atoms with van der Waals surface area (Å²) < 4.78 is 1.95. The molecule has 2 atom stereocenters. The zero-order chi connectivity index (χ0) is 17.3. The van der Waals surface area contributed by atoms with E-state index < -0.39 is 0 Å². The normalized spacial score (nSPS) is 20.3. The number of benzene rings is 1. The number of aryl methyl sites for hydroxylation is 1. The monoisotopic (exact) mass is 323 g/mol. The van der Waals surface area contributed by atoms with Gasteiger partial charge in [-0.15, -0.1) is 0 Å². The minimum atomic E-state index is 0.00496. The lowest BCUT2D eigenvalue weighted by Gasteiger charge is -2.19. The lowest BCUT2D eigenvalue weighted by molar-refractivity contribution is -0.122. The number of hydrogen-bond donors (Lipinski definition) is 1. The van der Waals surface area contributed by atoms with Crippen molar-refractivity contribution in [1.29, 1.82) is 0 Å². The van der Waals surface area contributed by atoms with Gasteiger partial charge < -0.3 is 4.57 Å². The summed E-state index contributed by atoms with van der Waals surface area (Å²) in [5, 5.41) is 4.06. The summed E-state index contributed by atoms with van der Waals surface area (Å²) in [6.07, 6.45) is 4.52. The van der Waals surface area contributed by atoms with Crippen molar-refractivity contribution in [3.63, 3.8) is 0 Å². The molecule has 2 unspecified atom stereocenters. The zero-order valence-electron chi connectivity index (χ0n) is 14.8. The van der Waals surface area contributed by atoms with Crippen LogP contribution in [-0.4, -0.2) is 16.7 Å². The Morgan fingerprint density at radius 2 is 1.96 bits per heavy atom. The molecule has 24 heavy (non-hydrogen) atoms. The van der Waals surface area contributed by atoms with Crippen molar-refractivity contribution in [2.45, 2.75) is 38.5 Å². The molecule has 1 N–H and O–H groups in total. The molecule has 0 bridgehead atoms. The van der Waals surface area contributed by atoms with E-state index in [1.807, 2.05) is 29.9 Å². The summed E-state index contributed by atoms with van der Waals surface area (Å²) in [5.41, 5.74) is 6.34. The summed E-state index contributed by atoms with van der Waals surface area (Å²) in [4.78, 5) is 12.2. The third-order valence-corrected chi connectivity index (χ3v) is 4.69. The number of carbonyl (C=O) groups is 1. The number of rotatable bonds is 4. The Balaban J connectivity index is 1.56. The van der Waals surface area contributed by atoms with E-state index in [1.54, 1.807) is 6.21 Å². The van der Waals surface area contributed by atoms with Gasteiger partial charge in [0, 0.05) is 19.2 Å². The van der Waals surface area contributed by atoms with E-state index in [9.17, 15) is 4.79 Å². The topological polar surface area (TPSA) is 46.4 Å². The fourth-order valence-electron chi connectivity index (χ4n) is 2.94. The molecule has 1 saturated carbocycles. The lowest BCUT2D eigenvalue weighted by Crippen LogP contribution is -2.20. The second-order valence-corrected chi connectivity index (χ2v) is 7.60. The Morgan fingerprint density at radius 1 is 1.25 bits per heavy atom. The lowest BCUT2D eigenvalue weighted by atomic mass is 9.86. The number of hydrazone groups is 1. The maximum atomic E-state index is 12.2. The molecular weight excluding hydrogens is 298 g/mol. The maximum absolute atomic E-state index is 12.2. The van der Waals surface area contributed by atoms with Gasteiger partial charge in [0.15, 0.2) is 0 Å². The predicted molar refractivity (Wildman–Crippen MR) is 97.1 cm³/mol. The Bertz CT molecular complexity index is 750. The van der Waals surface area contributed by atoms with Gasteiger partial charge >= 0.3 is 0 Å². The molecule has 1 fully saturated rings. The molecule has 3 rings (SSSR count). The van der Waals surface area contributed by atoms with Crippen molar-refractivity contribution in [2.75, 3.05) is 0 Å². The molecule has 0 aliphatic heterocycles. The third-order valence-electron chi connectivity index (χ3n) is 4.69. The van der Waals surface area contributed by atoms with E-state index in [0.29, 0.717) is 5.92 Å². The molecule has 1 aromatic carbocycles. The first kappa shape index (κ1) is 16.5. The molecule has 0 saturated heterocycles. The van der Waals surface area contributed by atoms with Crippen LogP contribution in [0.3, 0.4) is 0 Å². The first-order valence-corrected chi connectivity index (χ1v) is 8.41. The van der Waals surface area contributed by atoms with Crippen LogP contribution in [0.5, 0.6) is 0 Å². The van der Waals surface area contributed by atoms with Crippen molar-refractivity contribution in [1.82, 2.24) is 9.99 Å². The van der Waals surface area contributed by atoms with E-state index in [4.69, 9.17) is 0 Å². The van der Waals surface area contributed by atoms with Crippen LogP contribution >= 0.6 is 0 Å². The molecule has 2 aromatic rings. The van der Waals surface area contributed by atoms with Gasteiger partial charge in [0.1, 0.15) is 0 Å². The number of nitrogens with one attached hydrogen (secondary N) is 1. The molecule has 4 nitrogen and oxygen atoms in total.